The van der Waals surface area contributed by atoms with E-state index in [2.05, 4.69) is 16.0 Å². The molecule has 0 aromatic heterocycles. The summed E-state index contributed by atoms with van der Waals surface area (Å²) in [5, 5.41) is 7.82. The molecule has 1 aromatic carbocycles. The fourth-order valence-corrected chi connectivity index (χ4v) is 3.91. The number of ether oxygens (including phenoxy) is 2. The number of nitrogens with one attached hydrogen (secondary N) is 3. The summed E-state index contributed by atoms with van der Waals surface area (Å²) in [7, 11) is 0. The van der Waals surface area contributed by atoms with Gasteiger partial charge in [-0.2, -0.15) is 0 Å². The van der Waals surface area contributed by atoms with Gasteiger partial charge in [-0.25, -0.2) is 0 Å². The Morgan fingerprint density at radius 1 is 1.06 bits per heavy atom. The molecule has 4 atom stereocenters. The van der Waals surface area contributed by atoms with Crippen molar-refractivity contribution in [2.24, 2.45) is 5.73 Å². The fraction of sp³-hybridized carbons (Fsp3) is 0.560. The Kier molecular flexibility index (Phi) is 11.8. The van der Waals surface area contributed by atoms with Gasteiger partial charge in [0.2, 0.25) is 23.6 Å². The number of carbonyl (C=O) groups excluding carboxylic acids is 5. The first-order valence-electron chi connectivity index (χ1n) is 12.1. The minimum absolute atomic E-state index is 0.0370. The largest absolute Gasteiger partial charge is 0.461 e. The maximum Gasteiger partial charge on any atom is 0.306 e. The maximum atomic E-state index is 12.5. The van der Waals surface area contributed by atoms with Gasteiger partial charge < -0.3 is 31.2 Å². The number of hydrogen-bond donors (Lipinski definition) is 4. The summed E-state index contributed by atoms with van der Waals surface area (Å²) < 4.78 is 10.9. The number of primary amides is 1. The molecule has 0 spiro atoms. The zero-order valence-corrected chi connectivity index (χ0v) is 20.8. The molecular formula is C25H36N4O7. The van der Waals surface area contributed by atoms with E-state index >= 15 is 0 Å². The van der Waals surface area contributed by atoms with Gasteiger partial charge in [0.1, 0.15) is 25.3 Å². The van der Waals surface area contributed by atoms with Crippen molar-refractivity contribution in [3.8, 4) is 0 Å². The normalized spacial score (nSPS) is 18.8. The molecule has 5 N–H and O–H groups in total. The predicted octanol–water partition coefficient (Wildman–Crippen LogP) is 0.449. The molecule has 0 unspecified atom stereocenters. The van der Waals surface area contributed by atoms with E-state index in [1.807, 2.05) is 30.3 Å². The quantitative estimate of drug-likeness (QED) is 0.283. The van der Waals surface area contributed by atoms with Crippen LogP contribution in [0.15, 0.2) is 30.3 Å². The van der Waals surface area contributed by atoms with Crippen molar-refractivity contribution in [3.63, 3.8) is 0 Å². The second kappa shape index (κ2) is 14.8. The molecule has 1 aromatic rings. The Morgan fingerprint density at radius 3 is 2.42 bits per heavy atom. The van der Waals surface area contributed by atoms with Crippen LogP contribution in [0.25, 0.3) is 0 Å². The van der Waals surface area contributed by atoms with Crippen molar-refractivity contribution in [2.45, 2.75) is 83.2 Å². The smallest absolute Gasteiger partial charge is 0.306 e. The highest BCUT2D eigenvalue weighted by atomic mass is 16.5. The number of hydrogen-bond acceptors (Lipinski definition) is 7. The Labute approximate surface area is 210 Å². The van der Waals surface area contributed by atoms with Gasteiger partial charge in [0, 0.05) is 13.3 Å². The summed E-state index contributed by atoms with van der Waals surface area (Å²) in [5.74, 6) is -2.62. The molecule has 198 valence electrons. The molecule has 36 heavy (non-hydrogen) atoms. The van der Waals surface area contributed by atoms with Crippen LogP contribution < -0.4 is 21.7 Å². The fourth-order valence-electron chi connectivity index (χ4n) is 3.91. The third-order valence-corrected chi connectivity index (χ3v) is 5.83. The molecule has 1 saturated carbocycles. The molecule has 1 aliphatic carbocycles. The SMILES string of the molecule is CC(=O)N[C@H]1CCCC[C@@H]1OCC(=O)N[C@@H](C)C(=O)N[C@H](CCC(=O)OCc1ccccc1)C(N)=O. The highest BCUT2D eigenvalue weighted by Gasteiger charge is 2.28. The van der Waals surface area contributed by atoms with E-state index in [4.69, 9.17) is 15.2 Å². The second-order valence-corrected chi connectivity index (χ2v) is 8.88. The molecule has 4 amide bonds. The topological polar surface area (TPSA) is 166 Å². The lowest BCUT2D eigenvalue weighted by Crippen LogP contribution is -2.52. The molecule has 0 radical (unpaired) electrons. The monoisotopic (exact) mass is 504 g/mol. The minimum atomic E-state index is -1.10. The number of carbonyl (C=O) groups is 5. The van der Waals surface area contributed by atoms with Gasteiger partial charge in [0.05, 0.1) is 12.1 Å². The van der Waals surface area contributed by atoms with Crippen molar-refractivity contribution in [3.05, 3.63) is 35.9 Å². The molecule has 1 aliphatic rings. The van der Waals surface area contributed by atoms with Crippen LogP contribution >= 0.6 is 0 Å². The van der Waals surface area contributed by atoms with Crippen molar-refractivity contribution in [2.75, 3.05) is 6.61 Å². The number of esters is 1. The summed E-state index contributed by atoms with van der Waals surface area (Å²) in [6, 6.07) is 6.92. The Hall–Kier alpha value is -3.47. The molecular weight excluding hydrogens is 468 g/mol. The first kappa shape index (κ1) is 28.8. The minimum Gasteiger partial charge on any atom is -0.461 e. The molecule has 11 nitrogen and oxygen atoms in total. The third-order valence-electron chi connectivity index (χ3n) is 5.83. The molecule has 0 saturated heterocycles. The lowest BCUT2D eigenvalue weighted by Gasteiger charge is -2.31. The van der Waals surface area contributed by atoms with Crippen LogP contribution in [0.3, 0.4) is 0 Å². The van der Waals surface area contributed by atoms with E-state index in [-0.39, 0.29) is 44.1 Å². The van der Waals surface area contributed by atoms with Gasteiger partial charge >= 0.3 is 5.97 Å². The Morgan fingerprint density at radius 2 is 1.75 bits per heavy atom. The maximum absolute atomic E-state index is 12.5. The zero-order valence-electron chi connectivity index (χ0n) is 20.8. The zero-order chi connectivity index (χ0) is 26.5. The number of rotatable bonds is 13. The first-order valence-corrected chi connectivity index (χ1v) is 12.1. The van der Waals surface area contributed by atoms with E-state index in [0.29, 0.717) is 0 Å². The highest BCUT2D eigenvalue weighted by Crippen LogP contribution is 2.21. The highest BCUT2D eigenvalue weighted by molar-refractivity contribution is 5.91. The van der Waals surface area contributed by atoms with Crippen LogP contribution in [0.5, 0.6) is 0 Å². The number of benzene rings is 1. The number of nitrogens with two attached hydrogens (primary N) is 1. The van der Waals surface area contributed by atoms with Crippen molar-refractivity contribution >= 4 is 29.6 Å². The molecule has 2 rings (SSSR count). The molecule has 0 aliphatic heterocycles. The van der Waals surface area contributed by atoms with Crippen LogP contribution in [-0.4, -0.2) is 60.4 Å². The van der Waals surface area contributed by atoms with Crippen LogP contribution in [0.1, 0.15) is 57.9 Å². The molecule has 1 fully saturated rings. The Bertz CT molecular complexity index is 909. The Balaban J connectivity index is 1.74. The van der Waals surface area contributed by atoms with Gasteiger partial charge in [0.25, 0.3) is 0 Å². The summed E-state index contributed by atoms with van der Waals surface area (Å²) in [5.41, 5.74) is 6.20. The van der Waals surface area contributed by atoms with Gasteiger partial charge in [-0.1, -0.05) is 43.2 Å². The van der Waals surface area contributed by atoms with Crippen molar-refractivity contribution < 1.29 is 33.4 Å². The molecule has 0 heterocycles. The average molecular weight is 505 g/mol. The van der Waals surface area contributed by atoms with E-state index in [0.717, 1.165) is 31.2 Å². The van der Waals surface area contributed by atoms with E-state index in [9.17, 15) is 24.0 Å². The lowest BCUT2D eigenvalue weighted by molar-refractivity contribution is -0.145. The van der Waals surface area contributed by atoms with Crippen LogP contribution in [0.4, 0.5) is 0 Å². The molecule has 0 bridgehead atoms. The average Bonchev–Trinajstić information content (AvgIpc) is 2.84. The van der Waals surface area contributed by atoms with Gasteiger partial charge in [0.15, 0.2) is 0 Å². The summed E-state index contributed by atoms with van der Waals surface area (Å²) in [6.07, 6.45) is 2.98. The van der Waals surface area contributed by atoms with E-state index < -0.39 is 35.8 Å². The van der Waals surface area contributed by atoms with Gasteiger partial charge in [-0.05, 0) is 31.7 Å². The lowest BCUT2D eigenvalue weighted by atomic mass is 9.92. The van der Waals surface area contributed by atoms with Crippen molar-refractivity contribution in [1.82, 2.24) is 16.0 Å². The summed E-state index contributed by atoms with van der Waals surface area (Å²) >= 11 is 0. The van der Waals surface area contributed by atoms with Crippen LogP contribution in [-0.2, 0) is 40.1 Å². The van der Waals surface area contributed by atoms with Gasteiger partial charge in [-0.15, -0.1) is 0 Å². The second-order valence-electron chi connectivity index (χ2n) is 8.88. The number of amides is 4. The van der Waals surface area contributed by atoms with E-state index in [1.54, 1.807) is 0 Å². The standard InChI is InChI=1S/C25H36N4O7/c1-16(27-22(31)15-35-21-11-7-6-10-19(21)28-17(2)30)25(34)29-20(24(26)33)12-13-23(32)36-14-18-8-4-3-5-9-18/h3-5,8-9,16,19-21H,6-7,10-15H2,1-2H3,(H2,26,33)(H,27,31)(H,28,30)(H,29,34)/t16-,19-,20+,21-/m0/s1. The third kappa shape index (κ3) is 10.4. The van der Waals surface area contributed by atoms with Crippen LogP contribution in [0.2, 0.25) is 0 Å². The summed E-state index contributed by atoms with van der Waals surface area (Å²) in [4.78, 5) is 60.0. The summed E-state index contributed by atoms with van der Waals surface area (Å²) in [6.45, 7) is 2.72. The van der Waals surface area contributed by atoms with Crippen LogP contribution in [0, 0.1) is 0 Å². The van der Waals surface area contributed by atoms with Crippen molar-refractivity contribution in [1.29, 1.82) is 0 Å². The van der Waals surface area contributed by atoms with Gasteiger partial charge in [-0.3, -0.25) is 24.0 Å². The van der Waals surface area contributed by atoms with E-state index in [1.165, 1.54) is 13.8 Å². The first-order chi connectivity index (χ1) is 17.2. The predicted molar refractivity (Wildman–Crippen MR) is 130 cm³/mol. The molecule has 11 heteroatoms.